The number of ether oxygens (including phenoxy) is 1. The van der Waals surface area contributed by atoms with E-state index in [1.807, 2.05) is 0 Å². The summed E-state index contributed by atoms with van der Waals surface area (Å²) < 4.78 is 5.18. The summed E-state index contributed by atoms with van der Waals surface area (Å²) in [4.78, 5) is 6.61. The molecule has 0 saturated carbocycles. The fourth-order valence-corrected chi connectivity index (χ4v) is 2.46. The smallest absolute Gasteiger partial charge is 0.245 e. The number of hydrogen-bond acceptors (Lipinski definition) is 6. The first-order valence-electron chi connectivity index (χ1n) is 6.95. The zero-order valence-corrected chi connectivity index (χ0v) is 12.1. The Labute approximate surface area is 123 Å². The lowest BCUT2D eigenvalue weighted by molar-refractivity contribution is 0.412. The molecule has 1 aromatic carbocycles. The monoisotopic (exact) mass is 289 g/mol. The molecule has 7 nitrogen and oxygen atoms in total. The topological polar surface area (TPSA) is 86.3 Å². The minimum atomic E-state index is 0.146. The minimum absolute atomic E-state index is 0.146. The summed E-state index contributed by atoms with van der Waals surface area (Å²) in [6.45, 7) is 4.77. The summed E-state index contributed by atoms with van der Waals surface area (Å²) in [5.74, 6) is 2.00. The maximum Gasteiger partial charge on any atom is 0.245 e. The fraction of sp³-hybridized carbons (Fsp3) is 0.429. The van der Waals surface area contributed by atoms with E-state index in [1.54, 1.807) is 25.3 Å². The first-order chi connectivity index (χ1) is 10.2. The van der Waals surface area contributed by atoms with Crippen molar-refractivity contribution < 1.29 is 9.84 Å². The maximum absolute atomic E-state index is 9.98. The number of aromatic amines is 1. The second kappa shape index (κ2) is 5.61. The van der Waals surface area contributed by atoms with Crippen molar-refractivity contribution in [3.8, 4) is 22.9 Å². The van der Waals surface area contributed by atoms with Gasteiger partial charge in [-0.1, -0.05) is 0 Å². The summed E-state index contributed by atoms with van der Waals surface area (Å²) >= 11 is 0. The number of phenolic OH excluding ortho intramolecular Hbond substituents is 1. The van der Waals surface area contributed by atoms with Crippen LogP contribution in [0.25, 0.3) is 11.4 Å². The van der Waals surface area contributed by atoms with Crippen LogP contribution >= 0.6 is 0 Å². The van der Waals surface area contributed by atoms with Gasteiger partial charge in [-0.3, -0.25) is 5.10 Å². The molecule has 1 aliphatic rings. The van der Waals surface area contributed by atoms with Gasteiger partial charge in [0.25, 0.3) is 0 Å². The van der Waals surface area contributed by atoms with Crippen LogP contribution < -0.4 is 15.0 Å². The molecular formula is C14H19N5O2. The standard InChI is InChI=1S/C14H19N5O2/c1-9-8-19(6-5-15-9)14-16-13(17-18-14)11-7-10(21-2)3-4-12(11)20/h3-4,7,9,15,20H,5-6,8H2,1-2H3,(H,16,17,18)/t9-/m0/s1. The molecule has 7 heteroatoms. The summed E-state index contributed by atoms with van der Waals surface area (Å²) in [6, 6.07) is 5.43. The Morgan fingerprint density at radius 1 is 1.43 bits per heavy atom. The zero-order chi connectivity index (χ0) is 14.8. The molecule has 1 saturated heterocycles. The lowest BCUT2D eigenvalue weighted by Crippen LogP contribution is -2.49. The molecule has 1 aliphatic heterocycles. The minimum Gasteiger partial charge on any atom is -0.507 e. The summed E-state index contributed by atoms with van der Waals surface area (Å²) in [5.41, 5.74) is 0.580. The predicted molar refractivity (Wildman–Crippen MR) is 79.7 cm³/mol. The number of H-pyrrole nitrogens is 1. The molecule has 21 heavy (non-hydrogen) atoms. The third kappa shape index (κ3) is 2.78. The number of aromatic hydroxyl groups is 1. The number of nitrogens with zero attached hydrogens (tertiary/aromatic N) is 3. The van der Waals surface area contributed by atoms with Gasteiger partial charge in [-0.05, 0) is 25.1 Å². The van der Waals surface area contributed by atoms with Crippen molar-refractivity contribution >= 4 is 5.95 Å². The van der Waals surface area contributed by atoms with Crippen LogP contribution in [0.4, 0.5) is 5.95 Å². The molecule has 0 aliphatic carbocycles. The lowest BCUT2D eigenvalue weighted by Gasteiger charge is -2.30. The summed E-state index contributed by atoms with van der Waals surface area (Å²) in [6.07, 6.45) is 0. The van der Waals surface area contributed by atoms with Crippen LogP contribution in [-0.2, 0) is 0 Å². The number of hydrogen-bond donors (Lipinski definition) is 3. The number of anilines is 1. The lowest BCUT2D eigenvalue weighted by atomic mass is 10.2. The van der Waals surface area contributed by atoms with E-state index < -0.39 is 0 Å². The Hall–Kier alpha value is -2.28. The number of phenols is 1. The molecule has 1 atom stereocenters. The molecular weight excluding hydrogens is 270 g/mol. The molecule has 3 rings (SSSR count). The molecule has 0 bridgehead atoms. The van der Waals surface area contributed by atoms with Gasteiger partial charge in [0.1, 0.15) is 11.5 Å². The average Bonchev–Trinajstić information content (AvgIpc) is 2.97. The van der Waals surface area contributed by atoms with Gasteiger partial charge >= 0.3 is 0 Å². The van der Waals surface area contributed by atoms with E-state index in [0.717, 1.165) is 19.6 Å². The molecule has 0 amide bonds. The maximum atomic E-state index is 9.98. The van der Waals surface area contributed by atoms with E-state index in [2.05, 4.69) is 32.3 Å². The zero-order valence-electron chi connectivity index (χ0n) is 12.1. The van der Waals surface area contributed by atoms with Gasteiger partial charge in [0.2, 0.25) is 5.95 Å². The van der Waals surface area contributed by atoms with Crippen LogP contribution in [0.15, 0.2) is 18.2 Å². The summed E-state index contributed by atoms with van der Waals surface area (Å²) in [7, 11) is 1.59. The van der Waals surface area contributed by atoms with Gasteiger partial charge in [0.15, 0.2) is 5.82 Å². The van der Waals surface area contributed by atoms with Crippen LogP contribution in [0.2, 0.25) is 0 Å². The molecule has 2 aromatic rings. The van der Waals surface area contributed by atoms with E-state index in [4.69, 9.17) is 4.74 Å². The third-order valence-electron chi connectivity index (χ3n) is 3.58. The SMILES string of the molecule is COc1ccc(O)c(-c2nc(N3CCN[C@@H](C)C3)n[nH]2)c1. The second-order valence-electron chi connectivity index (χ2n) is 5.17. The number of rotatable bonds is 3. The highest BCUT2D eigenvalue weighted by atomic mass is 16.5. The molecule has 112 valence electrons. The van der Waals surface area contributed by atoms with Gasteiger partial charge in [0, 0.05) is 25.7 Å². The molecule has 1 fully saturated rings. The Morgan fingerprint density at radius 2 is 2.29 bits per heavy atom. The largest absolute Gasteiger partial charge is 0.507 e. The molecule has 2 heterocycles. The quantitative estimate of drug-likeness (QED) is 0.781. The van der Waals surface area contributed by atoms with Gasteiger partial charge in [-0.25, -0.2) is 0 Å². The molecule has 3 N–H and O–H groups in total. The van der Waals surface area contributed by atoms with Crippen molar-refractivity contribution in [2.75, 3.05) is 31.6 Å². The molecule has 0 unspecified atom stereocenters. The third-order valence-corrected chi connectivity index (χ3v) is 3.58. The first-order valence-corrected chi connectivity index (χ1v) is 6.95. The number of nitrogens with one attached hydrogen (secondary N) is 2. The van der Waals surface area contributed by atoms with Gasteiger partial charge in [0.05, 0.1) is 12.7 Å². The van der Waals surface area contributed by atoms with E-state index >= 15 is 0 Å². The number of benzene rings is 1. The van der Waals surface area contributed by atoms with E-state index in [1.165, 1.54) is 0 Å². The van der Waals surface area contributed by atoms with E-state index in [0.29, 0.717) is 29.1 Å². The van der Waals surface area contributed by atoms with Crippen molar-refractivity contribution in [1.29, 1.82) is 0 Å². The van der Waals surface area contributed by atoms with Crippen LogP contribution in [0.3, 0.4) is 0 Å². The van der Waals surface area contributed by atoms with Crippen LogP contribution in [0.1, 0.15) is 6.92 Å². The number of aromatic nitrogens is 3. The highest BCUT2D eigenvalue weighted by Crippen LogP contribution is 2.31. The Bertz CT molecular complexity index is 628. The number of piperazine rings is 1. The Kier molecular flexibility index (Phi) is 3.66. The Morgan fingerprint density at radius 3 is 3.05 bits per heavy atom. The van der Waals surface area contributed by atoms with Crippen molar-refractivity contribution in [2.24, 2.45) is 0 Å². The van der Waals surface area contributed by atoms with Crippen molar-refractivity contribution in [2.45, 2.75) is 13.0 Å². The van der Waals surface area contributed by atoms with Crippen molar-refractivity contribution in [3.05, 3.63) is 18.2 Å². The molecule has 1 aromatic heterocycles. The van der Waals surface area contributed by atoms with Crippen LogP contribution in [-0.4, -0.2) is 53.1 Å². The van der Waals surface area contributed by atoms with Crippen LogP contribution in [0.5, 0.6) is 11.5 Å². The highest BCUT2D eigenvalue weighted by molar-refractivity contribution is 5.66. The normalized spacial score (nSPS) is 18.8. The fourth-order valence-electron chi connectivity index (χ4n) is 2.46. The van der Waals surface area contributed by atoms with Gasteiger partial charge in [-0.15, -0.1) is 5.10 Å². The first kappa shape index (κ1) is 13.7. The van der Waals surface area contributed by atoms with E-state index in [-0.39, 0.29) is 5.75 Å². The summed E-state index contributed by atoms with van der Waals surface area (Å²) in [5, 5.41) is 20.5. The second-order valence-corrected chi connectivity index (χ2v) is 5.17. The van der Waals surface area contributed by atoms with Gasteiger partial charge < -0.3 is 20.1 Å². The average molecular weight is 289 g/mol. The van der Waals surface area contributed by atoms with Gasteiger partial charge in [-0.2, -0.15) is 4.98 Å². The molecule has 0 radical (unpaired) electrons. The van der Waals surface area contributed by atoms with Crippen molar-refractivity contribution in [3.63, 3.8) is 0 Å². The highest BCUT2D eigenvalue weighted by Gasteiger charge is 2.20. The Balaban J connectivity index is 1.87. The van der Waals surface area contributed by atoms with Crippen molar-refractivity contribution in [1.82, 2.24) is 20.5 Å². The number of methoxy groups -OCH3 is 1. The van der Waals surface area contributed by atoms with E-state index in [9.17, 15) is 5.11 Å². The predicted octanol–water partition coefficient (Wildman–Crippen LogP) is 0.984. The van der Waals surface area contributed by atoms with Crippen LogP contribution in [0, 0.1) is 0 Å². The molecule has 0 spiro atoms.